The van der Waals surface area contributed by atoms with E-state index >= 15 is 0 Å². The summed E-state index contributed by atoms with van der Waals surface area (Å²) in [6.45, 7) is 5.30. The summed E-state index contributed by atoms with van der Waals surface area (Å²) in [7, 11) is -2.29. The summed E-state index contributed by atoms with van der Waals surface area (Å²) in [4.78, 5) is 8.50. The Bertz CT molecular complexity index is 986. The summed E-state index contributed by atoms with van der Waals surface area (Å²) in [6, 6.07) is 16.0. The molecule has 0 aliphatic heterocycles. The Morgan fingerprint density at radius 2 is 1.68 bits per heavy atom. The summed E-state index contributed by atoms with van der Waals surface area (Å²) in [6.07, 6.45) is -1.82. The van der Waals surface area contributed by atoms with Gasteiger partial charge in [-0.25, -0.2) is 8.42 Å². The second-order valence-corrected chi connectivity index (χ2v) is 8.85. The molecule has 0 heterocycles. The normalized spacial score (nSPS) is 12.9. The van der Waals surface area contributed by atoms with Crippen LogP contribution in [0, 0.1) is 18.3 Å². The number of nitrogens with zero attached hydrogens (tertiary/aromatic N) is 1. The van der Waals surface area contributed by atoms with Crippen molar-refractivity contribution >= 4 is 16.0 Å². The smallest absolute Gasteiger partial charge is 0.652 e. The topological polar surface area (TPSA) is 130 Å². The third kappa shape index (κ3) is 8.83. The van der Waals surface area contributed by atoms with Gasteiger partial charge in [0, 0.05) is 5.92 Å². The Kier molecular flexibility index (Phi) is 16.4. The molecule has 0 saturated heterocycles. The fourth-order valence-electron chi connectivity index (χ4n) is 3.09. The Hall–Kier alpha value is 0.223. The molecule has 0 N–H and O–H groups in total. The Balaban J connectivity index is 0. The first-order valence-electron chi connectivity index (χ1n) is 8.78. The molecular weight excluding hydrogens is 472 g/mol. The molecule has 7 nitrogen and oxygen atoms in total. The molecule has 2 unspecified atom stereocenters. The molecule has 0 amide bonds. The van der Waals surface area contributed by atoms with E-state index in [1.807, 2.05) is 26.0 Å². The van der Waals surface area contributed by atoms with E-state index in [1.54, 1.807) is 43.5 Å². The van der Waals surface area contributed by atoms with Gasteiger partial charge in [-0.1, -0.05) is 36.8 Å². The first-order chi connectivity index (χ1) is 13.5. The number of ether oxygens (including phenoxy) is 1. The number of hydrogen-bond donors (Lipinski definition) is 0. The summed E-state index contributed by atoms with van der Waals surface area (Å²) < 4.78 is 30.2. The molecule has 2 atom stereocenters. The number of nitriles is 1. The molecule has 2 aromatic carbocycles. The number of carbonyl (C=O) groups excluding carboxylic acids is 1. The van der Waals surface area contributed by atoms with Crippen LogP contribution < -0.4 is 118 Å². The molecule has 10 heteroatoms. The first-order valence-corrected chi connectivity index (χ1v) is 10.3. The van der Waals surface area contributed by atoms with Gasteiger partial charge in [0.1, 0.15) is 5.75 Å². The summed E-state index contributed by atoms with van der Waals surface area (Å²) in [5.74, 6) is 0.169. The summed E-state index contributed by atoms with van der Waals surface area (Å²) in [5, 5.41) is 26.5. The molecule has 0 radical (unpaired) electrons. The standard InChI is InChI=1S/C20H23NO3S.CH2O3.2K/c1-5-19(16-7-6-8-17(13-16)24-4)20(3,14-21)25(22,23)18-11-9-15(2)10-12-18;2-1(3)4;;/h6-13,19H,5H2,1-4H3;(H2,2,3,4);;/q;;2*+1/p-2. The van der Waals surface area contributed by atoms with E-state index in [1.165, 1.54) is 6.92 Å². The number of aryl methyl sites for hydroxylation is 1. The second-order valence-electron chi connectivity index (χ2n) is 6.52. The maximum absolute atomic E-state index is 13.3. The van der Waals surface area contributed by atoms with Crippen molar-refractivity contribution in [3.63, 3.8) is 0 Å². The number of carbonyl (C=O) groups is 1. The zero-order valence-corrected chi connectivity index (χ0v) is 25.8. The van der Waals surface area contributed by atoms with Crippen LogP contribution in [0.1, 0.15) is 37.3 Å². The van der Waals surface area contributed by atoms with E-state index < -0.39 is 26.7 Å². The van der Waals surface area contributed by atoms with Crippen molar-refractivity contribution in [1.29, 1.82) is 5.26 Å². The van der Waals surface area contributed by atoms with Crippen molar-refractivity contribution in [3.8, 4) is 11.8 Å². The molecule has 0 aromatic heterocycles. The van der Waals surface area contributed by atoms with Crippen LogP contribution >= 0.6 is 0 Å². The minimum absolute atomic E-state index is 0. The van der Waals surface area contributed by atoms with Gasteiger partial charge in [0.2, 0.25) is 0 Å². The zero-order valence-electron chi connectivity index (χ0n) is 18.7. The first kappa shape index (κ1) is 33.4. The fraction of sp³-hybridized carbons (Fsp3) is 0.333. The Labute approximate surface area is 269 Å². The van der Waals surface area contributed by atoms with E-state index in [0.29, 0.717) is 12.2 Å². The molecule has 2 rings (SSSR count). The maximum atomic E-state index is 13.3. The van der Waals surface area contributed by atoms with Crippen LogP contribution in [-0.4, -0.2) is 26.4 Å². The van der Waals surface area contributed by atoms with E-state index in [-0.39, 0.29) is 108 Å². The van der Waals surface area contributed by atoms with Crippen LogP contribution in [0.3, 0.4) is 0 Å². The molecule has 0 saturated carbocycles. The number of sulfone groups is 1. The Morgan fingerprint density at radius 3 is 2.10 bits per heavy atom. The van der Waals surface area contributed by atoms with E-state index in [4.69, 9.17) is 19.7 Å². The van der Waals surface area contributed by atoms with Crippen LogP contribution in [0.5, 0.6) is 5.75 Å². The molecule has 0 fully saturated rings. The number of carboxylic acid groups (broad SMARTS) is 2. The van der Waals surface area contributed by atoms with Gasteiger partial charge in [0.15, 0.2) is 14.6 Å². The van der Waals surface area contributed by atoms with Gasteiger partial charge < -0.3 is 19.7 Å². The predicted molar refractivity (Wildman–Crippen MR) is 104 cm³/mol. The quantitative estimate of drug-likeness (QED) is 0.372. The molecule has 0 bridgehead atoms. The SMILES string of the molecule is CCC(c1cccc(OC)c1)C(C)(C#N)S(=O)(=O)c1ccc(C)cc1.O=C([O-])[O-].[K+].[K+]. The minimum Gasteiger partial charge on any atom is -0.652 e. The van der Waals surface area contributed by atoms with Crippen LogP contribution in [0.15, 0.2) is 53.4 Å². The second kappa shape index (κ2) is 15.2. The average molecular weight is 496 g/mol. The van der Waals surface area contributed by atoms with Gasteiger partial charge in [-0.2, -0.15) is 5.26 Å². The van der Waals surface area contributed by atoms with Crippen LogP contribution in [0.4, 0.5) is 4.79 Å². The number of rotatable bonds is 6. The monoisotopic (exact) mass is 495 g/mol. The Morgan fingerprint density at radius 1 is 1.16 bits per heavy atom. The van der Waals surface area contributed by atoms with Gasteiger partial charge in [0.25, 0.3) is 0 Å². The van der Waals surface area contributed by atoms with Crippen molar-refractivity contribution in [1.82, 2.24) is 0 Å². The van der Waals surface area contributed by atoms with E-state index in [9.17, 15) is 13.7 Å². The van der Waals surface area contributed by atoms with Crippen molar-refractivity contribution in [3.05, 3.63) is 59.7 Å². The van der Waals surface area contributed by atoms with Crippen molar-refractivity contribution < 1.29 is 131 Å². The van der Waals surface area contributed by atoms with Gasteiger partial charge in [-0.3, -0.25) is 0 Å². The average Bonchev–Trinajstić information content (AvgIpc) is 2.68. The van der Waals surface area contributed by atoms with Gasteiger partial charge >= 0.3 is 103 Å². The van der Waals surface area contributed by atoms with Crippen molar-refractivity contribution in [2.24, 2.45) is 0 Å². The van der Waals surface area contributed by atoms with Gasteiger partial charge in [0.05, 0.1) is 18.1 Å². The minimum atomic E-state index is -3.85. The van der Waals surface area contributed by atoms with Crippen LogP contribution in [-0.2, 0) is 9.84 Å². The third-order valence-electron chi connectivity index (χ3n) is 4.68. The van der Waals surface area contributed by atoms with Gasteiger partial charge in [-0.15, -0.1) is 0 Å². The summed E-state index contributed by atoms with van der Waals surface area (Å²) >= 11 is 0. The number of hydrogen-bond acceptors (Lipinski definition) is 7. The largest absolute Gasteiger partial charge is 1.00 e. The molecular formula is C21H23K2NO6S. The van der Waals surface area contributed by atoms with E-state index in [2.05, 4.69) is 6.07 Å². The van der Waals surface area contributed by atoms with Gasteiger partial charge in [-0.05, 0) is 56.3 Å². The fourth-order valence-corrected chi connectivity index (χ4v) is 4.87. The molecule has 0 aliphatic rings. The summed E-state index contributed by atoms with van der Waals surface area (Å²) in [5.41, 5.74) is 1.75. The molecule has 0 aliphatic carbocycles. The van der Waals surface area contributed by atoms with Crippen LogP contribution in [0.25, 0.3) is 0 Å². The van der Waals surface area contributed by atoms with E-state index in [0.717, 1.165) is 11.1 Å². The third-order valence-corrected chi connectivity index (χ3v) is 7.07. The van der Waals surface area contributed by atoms with Crippen LogP contribution in [0.2, 0.25) is 0 Å². The molecule has 156 valence electrons. The van der Waals surface area contributed by atoms with Crippen molar-refractivity contribution in [2.45, 2.75) is 42.8 Å². The number of benzene rings is 2. The molecule has 2 aromatic rings. The predicted octanol–water partition coefficient (Wildman–Crippen LogP) is -4.19. The maximum Gasteiger partial charge on any atom is 1.00 e. The molecule has 31 heavy (non-hydrogen) atoms. The van der Waals surface area contributed by atoms with Crippen molar-refractivity contribution in [2.75, 3.05) is 7.11 Å². The molecule has 0 spiro atoms. The number of methoxy groups -OCH3 is 1. The zero-order chi connectivity index (χ0) is 22.2.